The van der Waals surface area contributed by atoms with Gasteiger partial charge in [0.15, 0.2) is 5.78 Å². The highest BCUT2D eigenvalue weighted by Gasteiger charge is 2.59. The van der Waals surface area contributed by atoms with Gasteiger partial charge in [-0.1, -0.05) is 25.4 Å². The van der Waals surface area contributed by atoms with E-state index in [4.69, 9.17) is 11.6 Å². The summed E-state index contributed by atoms with van der Waals surface area (Å²) < 4.78 is 0. The smallest absolute Gasteiger partial charge is 0.174 e. The van der Waals surface area contributed by atoms with Crippen molar-refractivity contribution in [3.8, 4) is 0 Å². The number of hydrogen-bond donors (Lipinski definition) is 1. The number of carbonyl (C=O) groups is 1. The second-order valence-corrected chi connectivity index (χ2v) is 9.06. The minimum atomic E-state index is -0.111. The molecule has 0 unspecified atom stereocenters. The van der Waals surface area contributed by atoms with Crippen molar-refractivity contribution in [2.45, 2.75) is 71.3 Å². The lowest BCUT2D eigenvalue weighted by molar-refractivity contribution is -0.118. The van der Waals surface area contributed by atoms with Crippen molar-refractivity contribution in [3.05, 3.63) is 10.6 Å². The Morgan fingerprint density at radius 1 is 1.05 bits per heavy atom. The SMILES string of the molecule is C[C@]12CC[C@@H]3[C@H](CCC4=C(Cl)C(=O)CC[C@@]43C)[C@H]1CC[C@H]2O. The zero-order chi connectivity index (χ0) is 15.7. The van der Waals surface area contributed by atoms with E-state index in [9.17, 15) is 9.90 Å². The van der Waals surface area contributed by atoms with Gasteiger partial charge in [0.25, 0.3) is 0 Å². The summed E-state index contributed by atoms with van der Waals surface area (Å²) in [6, 6.07) is 0. The highest BCUT2D eigenvalue weighted by Crippen LogP contribution is 2.65. The molecule has 122 valence electrons. The van der Waals surface area contributed by atoms with Crippen LogP contribution in [0.5, 0.6) is 0 Å². The monoisotopic (exact) mass is 322 g/mol. The minimum absolute atomic E-state index is 0.111. The molecule has 0 radical (unpaired) electrons. The highest BCUT2D eigenvalue weighted by atomic mass is 35.5. The van der Waals surface area contributed by atoms with E-state index in [1.54, 1.807) is 0 Å². The number of carbonyl (C=O) groups excluding carboxylic acids is 1. The van der Waals surface area contributed by atoms with Gasteiger partial charge < -0.3 is 5.11 Å². The summed E-state index contributed by atoms with van der Waals surface area (Å²) in [6.07, 6.45) is 8.11. The summed E-state index contributed by atoms with van der Waals surface area (Å²) in [5.41, 5.74) is 1.52. The van der Waals surface area contributed by atoms with E-state index in [-0.39, 0.29) is 22.7 Å². The number of rotatable bonds is 0. The second-order valence-electron chi connectivity index (χ2n) is 8.69. The molecule has 1 N–H and O–H groups in total. The maximum absolute atomic E-state index is 12.0. The molecular formula is C19H27ClO2. The van der Waals surface area contributed by atoms with E-state index in [2.05, 4.69) is 13.8 Å². The Balaban J connectivity index is 1.72. The van der Waals surface area contributed by atoms with E-state index in [1.807, 2.05) is 0 Å². The van der Waals surface area contributed by atoms with Crippen LogP contribution in [0.2, 0.25) is 0 Å². The van der Waals surface area contributed by atoms with Crippen molar-refractivity contribution < 1.29 is 9.90 Å². The molecule has 0 saturated heterocycles. The van der Waals surface area contributed by atoms with Crippen LogP contribution < -0.4 is 0 Å². The van der Waals surface area contributed by atoms with Crippen molar-refractivity contribution in [3.63, 3.8) is 0 Å². The summed E-state index contributed by atoms with van der Waals surface area (Å²) in [4.78, 5) is 12.0. The van der Waals surface area contributed by atoms with Crippen LogP contribution in [0, 0.1) is 28.6 Å². The fraction of sp³-hybridized carbons (Fsp3) is 0.842. The summed E-state index contributed by atoms with van der Waals surface area (Å²) in [5.74, 6) is 2.18. The molecule has 4 aliphatic carbocycles. The fourth-order valence-electron chi connectivity index (χ4n) is 6.62. The van der Waals surface area contributed by atoms with Crippen LogP contribution in [0.3, 0.4) is 0 Å². The third kappa shape index (κ3) is 1.80. The van der Waals surface area contributed by atoms with Gasteiger partial charge in [-0.25, -0.2) is 0 Å². The predicted octanol–water partition coefficient (Wildman–Crippen LogP) is 4.45. The number of aliphatic hydroxyl groups is 1. The third-order valence-corrected chi connectivity index (χ3v) is 8.44. The van der Waals surface area contributed by atoms with Crippen LogP contribution in [0.25, 0.3) is 0 Å². The van der Waals surface area contributed by atoms with Gasteiger partial charge in [-0.3, -0.25) is 4.79 Å². The lowest BCUT2D eigenvalue weighted by Crippen LogP contribution is -2.51. The van der Waals surface area contributed by atoms with Crippen molar-refractivity contribution in [1.29, 1.82) is 0 Å². The van der Waals surface area contributed by atoms with Crippen molar-refractivity contribution in [1.82, 2.24) is 0 Å². The first-order valence-electron chi connectivity index (χ1n) is 8.98. The molecule has 6 atom stereocenters. The number of fused-ring (bicyclic) bond motifs is 5. The van der Waals surface area contributed by atoms with Gasteiger partial charge in [0.2, 0.25) is 0 Å². The van der Waals surface area contributed by atoms with E-state index in [0.717, 1.165) is 32.1 Å². The molecule has 0 spiro atoms. The average molecular weight is 323 g/mol. The zero-order valence-electron chi connectivity index (χ0n) is 13.7. The Kier molecular flexibility index (Phi) is 3.34. The van der Waals surface area contributed by atoms with Gasteiger partial charge in [0.1, 0.15) is 0 Å². The lowest BCUT2D eigenvalue weighted by atomic mass is 9.47. The van der Waals surface area contributed by atoms with Crippen molar-refractivity contribution in [2.75, 3.05) is 0 Å². The van der Waals surface area contributed by atoms with Gasteiger partial charge in [-0.05, 0) is 79.1 Å². The quantitative estimate of drug-likeness (QED) is 0.715. The normalized spacial score (nSPS) is 51.4. The Morgan fingerprint density at radius 2 is 1.82 bits per heavy atom. The van der Waals surface area contributed by atoms with Crippen LogP contribution in [-0.2, 0) is 4.79 Å². The highest BCUT2D eigenvalue weighted by molar-refractivity contribution is 6.43. The first-order valence-corrected chi connectivity index (χ1v) is 9.36. The zero-order valence-corrected chi connectivity index (χ0v) is 14.5. The summed E-state index contributed by atoms with van der Waals surface area (Å²) >= 11 is 6.41. The standard InChI is InChI=1S/C19H27ClO2/c1-18-10-8-15(21)17(20)14(18)4-3-11-12-5-6-16(22)19(12,2)9-7-13(11)18/h11-13,16,22H,3-10H2,1-2H3/t11-,12-,13-,16-,18-,19+/m1/s1. The maximum atomic E-state index is 12.0. The van der Waals surface area contributed by atoms with E-state index in [0.29, 0.717) is 29.2 Å². The second kappa shape index (κ2) is 4.83. The molecule has 0 amide bonds. The van der Waals surface area contributed by atoms with Crippen LogP contribution in [0.15, 0.2) is 10.6 Å². The molecule has 0 aromatic heterocycles. The Labute approximate surface area is 138 Å². The molecule has 0 aromatic carbocycles. The molecular weight excluding hydrogens is 296 g/mol. The summed E-state index contributed by atoms with van der Waals surface area (Å²) in [7, 11) is 0. The van der Waals surface area contributed by atoms with Crippen molar-refractivity contribution >= 4 is 17.4 Å². The maximum Gasteiger partial charge on any atom is 0.174 e. The summed E-state index contributed by atoms with van der Waals surface area (Å²) in [6.45, 7) is 4.68. The minimum Gasteiger partial charge on any atom is -0.393 e. The number of ketones is 1. The topological polar surface area (TPSA) is 37.3 Å². The van der Waals surface area contributed by atoms with E-state index < -0.39 is 0 Å². The van der Waals surface area contributed by atoms with Crippen LogP contribution in [0.4, 0.5) is 0 Å². The number of aliphatic hydroxyl groups excluding tert-OH is 1. The van der Waals surface area contributed by atoms with Gasteiger partial charge in [-0.2, -0.15) is 0 Å². The molecule has 22 heavy (non-hydrogen) atoms. The third-order valence-electron chi connectivity index (χ3n) is 8.00. The largest absolute Gasteiger partial charge is 0.393 e. The molecule has 0 heterocycles. The average Bonchev–Trinajstić information content (AvgIpc) is 2.79. The first kappa shape index (κ1) is 15.2. The van der Waals surface area contributed by atoms with Crippen molar-refractivity contribution in [2.24, 2.45) is 28.6 Å². The van der Waals surface area contributed by atoms with Gasteiger partial charge >= 0.3 is 0 Å². The van der Waals surface area contributed by atoms with Crippen LogP contribution >= 0.6 is 11.6 Å². The van der Waals surface area contributed by atoms with Crippen LogP contribution in [0.1, 0.15) is 65.2 Å². The Bertz CT molecular complexity index is 554. The van der Waals surface area contributed by atoms with Gasteiger partial charge in [0, 0.05) is 6.42 Å². The first-order chi connectivity index (χ1) is 10.4. The number of hydrogen-bond acceptors (Lipinski definition) is 2. The molecule has 0 aromatic rings. The number of halogens is 1. The Morgan fingerprint density at radius 3 is 2.59 bits per heavy atom. The molecule has 0 aliphatic heterocycles. The van der Waals surface area contributed by atoms with E-state index in [1.165, 1.54) is 18.4 Å². The summed E-state index contributed by atoms with van der Waals surface area (Å²) in [5, 5.41) is 11.0. The molecule has 4 rings (SSSR count). The number of allylic oxidation sites excluding steroid dienone is 1. The molecule has 3 heteroatoms. The van der Waals surface area contributed by atoms with Gasteiger partial charge in [-0.15, -0.1) is 0 Å². The molecule has 4 aliphatic rings. The molecule has 3 saturated carbocycles. The molecule has 0 bridgehead atoms. The molecule has 2 nitrogen and oxygen atoms in total. The predicted molar refractivity (Wildman–Crippen MR) is 87.5 cm³/mol. The number of Topliss-reactive ketones (excluding diaryl/α,β-unsaturated/α-hetero) is 1. The van der Waals surface area contributed by atoms with E-state index >= 15 is 0 Å². The van der Waals surface area contributed by atoms with Crippen LogP contribution in [-0.4, -0.2) is 17.0 Å². The Hall–Kier alpha value is -0.340. The lowest BCUT2D eigenvalue weighted by Gasteiger charge is -2.57. The van der Waals surface area contributed by atoms with Gasteiger partial charge in [0.05, 0.1) is 11.1 Å². The molecule has 3 fully saturated rings. The fourth-order valence-corrected chi connectivity index (χ4v) is 7.03.